The number of nitrogens with zero attached hydrogens (tertiary/aromatic N) is 19. The first-order chi connectivity index (χ1) is 65.0. The first-order valence-corrected chi connectivity index (χ1v) is 47.7. The van der Waals surface area contributed by atoms with E-state index in [1.165, 1.54) is 125 Å². The van der Waals surface area contributed by atoms with Gasteiger partial charge in [0.25, 0.3) is 5.69 Å². The fourth-order valence-corrected chi connectivity index (χ4v) is 20.0. The number of carbonyl (C=O) groups is 14. The Morgan fingerprint density at radius 1 is 0.479 bits per heavy atom. The number of Topliss-reactive ketones (excluding diaryl/α,β-unsaturated/α-hetero) is 3. The number of benzene rings is 1. The lowest BCUT2D eigenvalue weighted by molar-refractivity contribution is -0.384. The number of thioether (sulfide) groups is 3. The molecule has 0 aliphatic carbocycles. The number of non-ortho nitro benzene ring substituents is 1. The quantitative estimate of drug-likeness (QED) is 0.00624. The minimum absolute atomic E-state index is 0.0631. The summed E-state index contributed by atoms with van der Waals surface area (Å²) in [6, 6.07) is 5.44. The highest BCUT2D eigenvalue weighted by molar-refractivity contribution is 8.02. The lowest BCUT2D eigenvalue weighted by Crippen LogP contribution is -2.57. The summed E-state index contributed by atoms with van der Waals surface area (Å²) in [5.74, 6) is -11.9. The van der Waals surface area contributed by atoms with E-state index in [0.717, 1.165) is 74.0 Å². The number of ether oxygens (including phenoxy) is 5. The lowest BCUT2D eigenvalue weighted by atomic mass is 9.90. The Morgan fingerprint density at radius 2 is 0.793 bits per heavy atom. The fourth-order valence-electron chi connectivity index (χ4n) is 13.5. The topological polar surface area (TPSA) is 722 Å². The molecule has 52 nitrogen and oxygen atoms in total. The summed E-state index contributed by atoms with van der Waals surface area (Å²) in [5, 5.41) is 84.4. The third-order valence-electron chi connectivity index (χ3n) is 20.6. The van der Waals surface area contributed by atoms with Crippen LogP contribution in [0.1, 0.15) is 184 Å². The van der Waals surface area contributed by atoms with Gasteiger partial charge in [-0.15, -0.1) is 49.3 Å². The van der Waals surface area contributed by atoms with Crippen LogP contribution in [0, 0.1) is 27.9 Å². The molecule has 12 heterocycles. The second-order valence-corrected chi connectivity index (χ2v) is 44.5. The minimum atomic E-state index is -1.74. The van der Waals surface area contributed by atoms with Crippen molar-refractivity contribution in [3.05, 3.63) is 109 Å². The number of nitro benzene ring substituents is 1. The summed E-state index contributed by atoms with van der Waals surface area (Å²) in [6.45, 7) is 27.6. The monoisotopic (exact) mass is 2060 g/mol. The van der Waals surface area contributed by atoms with E-state index in [2.05, 4.69) is 72.0 Å². The molecule has 13 N–H and O–H groups in total. The molecule has 140 heavy (non-hydrogen) atoms. The van der Waals surface area contributed by atoms with Gasteiger partial charge < -0.3 is 102 Å². The number of hydrogen-bond donors (Lipinski definition) is 9. The van der Waals surface area contributed by atoms with Gasteiger partial charge in [-0.2, -0.15) is 0 Å². The number of esters is 3. The number of nitrogens with one attached hydrogen (secondary N) is 2. The van der Waals surface area contributed by atoms with E-state index in [4.69, 9.17) is 61.1 Å². The van der Waals surface area contributed by atoms with Crippen LogP contribution in [-0.4, -0.2) is 270 Å². The van der Waals surface area contributed by atoms with Gasteiger partial charge in [0.2, 0.25) is 49.1 Å². The standard InChI is InChI=1S/C35H43N9O11S2.C28H38N8O9S2.C19H22N8O7S2/c1-32(2,3)53-28(47)34(7,8)55-40-25(23-17-56-30(36)38-23)24(45)13-22-26(46)42-18-35(57-27(22)42,29(48)52-16-19-9-11-21(12-10-19)44(50)51)43-15-20(39-41-43)14-37-31(49)54-33(4,5)6;1-25(2,3)43-22(41)27(7,8)45-33-18(16-12-46-23(29)31-16)17(37)9-15-19(38)35-13-28(21(39)40,47-20(15)35)36-11-14(32-34-36)10-30-24(42)44-26(4,5)6;1-18(2,15(30)31)34-24-12(10-6-35-17(21)22-10)11(28)3-9-13(29)26-7-19(16(32)33,36-14(9)26)27-5-8(4-20)23-25-27/h9-12,15,17,22,27H,13-14,16,18H2,1-8H3,(H2,36,38)(H,37,49);11-12,15,20H,9-10,13H2,1-8H3,(H2,29,31)(H,30,42)(H,39,40);5-6,9,14H,3-4,7,20H2,1-2H3,(H2,21,22)(H,30,31)(H,32,33)/b40-25-;33-18-;24-12-/t22?,27-,35-;15?,20-,28-;9?,14-,19-/m111/s1. The number of alkyl carbamates (subject to hydrolysis) is 2. The number of nitrogens with two attached hydrogens (primary N) is 4. The maximum atomic E-state index is 14.1. The Bertz CT molecular complexity index is 6100. The zero-order valence-electron chi connectivity index (χ0n) is 78.7. The van der Waals surface area contributed by atoms with Crippen LogP contribution < -0.4 is 33.6 Å². The highest BCUT2D eigenvalue weighted by Crippen LogP contribution is 2.56. The molecule has 0 radical (unpaired) electrons. The van der Waals surface area contributed by atoms with Crippen LogP contribution in [0.5, 0.6) is 0 Å². The number of thiazole rings is 3. The van der Waals surface area contributed by atoms with Gasteiger partial charge >= 0.3 is 48.0 Å². The molecule has 0 spiro atoms. The molecular weight excluding hydrogens is 1960 g/mol. The van der Waals surface area contributed by atoms with Crippen LogP contribution in [0.2, 0.25) is 0 Å². The molecule has 13 rings (SSSR count). The van der Waals surface area contributed by atoms with Gasteiger partial charge in [0, 0.05) is 54.1 Å². The zero-order valence-corrected chi connectivity index (χ0v) is 83.6. The van der Waals surface area contributed by atoms with E-state index in [0.29, 0.717) is 11.3 Å². The average Bonchev–Trinajstić information content (AvgIpc) is 1.56. The molecule has 0 saturated carbocycles. The summed E-state index contributed by atoms with van der Waals surface area (Å²) < 4.78 is 30.5. The summed E-state index contributed by atoms with van der Waals surface area (Å²) in [6.07, 6.45) is 1.77. The van der Waals surface area contributed by atoms with Crippen molar-refractivity contribution in [2.45, 2.75) is 240 Å². The van der Waals surface area contributed by atoms with Gasteiger partial charge in [0.1, 0.15) is 57.5 Å². The van der Waals surface area contributed by atoms with Crippen molar-refractivity contribution in [3.63, 3.8) is 0 Å². The summed E-state index contributed by atoms with van der Waals surface area (Å²) in [4.78, 5) is 219. The number of carboxylic acid groups (broad SMARTS) is 3. The smallest absolute Gasteiger partial charge is 0.407 e. The van der Waals surface area contributed by atoms with Crippen LogP contribution in [0.4, 0.5) is 30.7 Å². The molecule has 6 aromatic heterocycles. The number of aromatic nitrogens is 12. The van der Waals surface area contributed by atoms with Crippen LogP contribution in [-0.2, 0) is 137 Å². The molecule has 7 aromatic rings. The number of β-lactam (4-membered cyclic amide) rings is 3. The first kappa shape index (κ1) is 107. The Balaban J connectivity index is 0.000000206. The minimum Gasteiger partial charge on any atom is -0.479 e. The third-order valence-corrected chi connectivity index (χ3v) is 27.8. The van der Waals surface area contributed by atoms with Crippen molar-refractivity contribution in [3.8, 4) is 0 Å². The molecular formula is C82H103N25O27S6. The molecule has 6 aliphatic rings. The average molecular weight is 2060 g/mol. The molecule has 0 bridgehead atoms. The van der Waals surface area contributed by atoms with Crippen LogP contribution >= 0.6 is 69.3 Å². The van der Waals surface area contributed by atoms with E-state index in [1.807, 2.05) is 0 Å². The summed E-state index contributed by atoms with van der Waals surface area (Å²) >= 11 is 6.08. The van der Waals surface area contributed by atoms with Crippen molar-refractivity contribution in [1.29, 1.82) is 0 Å². The zero-order chi connectivity index (χ0) is 104. The number of fused-ring (bicyclic) bond motifs is 3. The van der Waals surface area contributed by atoms with E-state index in [-0.39, 0.29) is 132 Å². The van der Waals surface area contributed by atoms with Gasteiger partial charge in [-0.05, 0) is 142 Å². The number of rotatable bonds is 35. The van der Waals surface area contributed by atoms with Crippen molar-refractivity contribution >= 4 is 191 Å². The predicted molar refractivity (Wildman–Crippen MR) is 499 cm³/mol. The number of nitro groups is 1. The van der Waals surface area contributed by atoms with Gasteiger partial charge in [0.05, 0.1) is 95.8 Å². The molecule has 5 amide bonds. The first-order valence-electron chi connectivity index (χ1n) is 42.4. The number of aliphatic carboxylic acids is 3. The van der Waals surface area contributed by atoms with Crippen LogP contribution in [0.25, 0.3) is 0 Å². The normalized spacial score (nSPS) is 21.3. The van der Waals surface area contributed by atoms with Crippen LogP contribution in [0.15, 0.2) is 74.5 Å². The molecule has 6 aliphatic heterocycles. The Labute approximate surface area is 821 Å². The number of anilines is 3. The number of ketones is 3. The maximum Gasteiger partial charge on any atom is 0.407 e. The maximum absolute atomic E-state index is 14.1. The van der Waals surface area contributed by atoms with E-state index >= 15 is 0 Å². The molecule has 3 unspecified atom stereocenters. The predicted octanol–water partition coefficient (Wildman–Crippen LogP) is 5.08. The van der Waals surface area contributed by atoms with E-state index in [1.54, 1.807) is 83.1 Å². The van der Waals surface area contributed by atoms with Crippen molar-refractivity contribution < 1.29 is 126 Å². The van der Waals surface area contributed by atoms with Crippen molar-refractivity contribution in [1.82, 2.24) is 85.3 Å². The number of carbonyl (C=O) groups excluding carboxylic acids is 11. The summed E-state index contributed by atoms with van der Waals surface area (Å²) in [7, 11) is 0. The highest BCUT2D eigenvalue weighted by Gasteiger charge is 2.67. The third kappa shape index (κ3) is 24.7. The molecule has 754 valence electrons. The SMILES string of the molecule is CC(C)(C)OC(=O)NCc1cn([C@]2(C(=O)O)CN3C(=O)C(CC(=O)/C(=N\OC(C)(C)C(=O)OC(C)(C)C)c4csc(N)n4)[C@H]3S2)nn1.CC(C)(C)OC(=O)NCc1cn([C@]2(C(=O)OCc3ccc([N+](=O)[O-])cc3)CN3C(=O)C(CC(=O)/C(=N\OC(C)(C)C(=O)OC(C)(C)C)c4csc(N)n4)[C@H]3S2)nn1.CC(C)(O/N=C(\C(=O)CC1C(=O)N2C[C@@](C(=O)O)(n3cc(CN)nn3)S[C@H]12)c1csc(N)n1)C(=O)O. The Kier molecular flexibility index (Phi) is 31.4. The Hall–Kier alpha value is -13.5. The molecule has 9 atom stereocenters. The Morgan fingerprint density at radius 3 is 1.09 bits per heavy atom. The summed E-state index contributed by atoms with van der Waals surface area (Å²) in [5.41, 5.74) is 15.5. The van der Waals surface area contributed by atoms with Crippen molar-refractivity contribution in [2.75, 3.05) is 36.8 Å². The van der Waals surface area contributed by atoms with Gasteiger partial charge in [-0.3, -0.25) is 38.9 Å². The molecule has 6 fully saturated rings. The number of nitrogen functional groups attached to an aromatic ring is 3. The van der Waals surface area contributed by atoms with Gasteiger partial charge in [-0.25, -0.2) is 67.4 Å². The number of amides is 5. The van der Waals surface area contributed by atoms with Gasteiger partial charge in [0.15, 0.2) is 49.9 Å². The largest absolute Gasteiger partial charge is 0.479 e. The van der Waals surface area contributed by atoms with Gasteiger partial charge in [-0.1, -0.05) is 66.4 Å². The molecule has 1 aromatic carbocycles. The van der Waals surface area contributed by atoms with Crippen LogP contribution in [0.3, 0.4) is 0 Å². The second kappa shape index (κ2) is 41.1. The van der Waals surface area contributed by atoms with E-state index < -0.39 is 176 Å². The number of oxime groups is 3. The number of hydrogen-bond acceptors (Lipinski definition) is 46. The fraction of sp³-hybridized carbons (Fsp3) is 0.537. The van der Waals surface area contributed by atoms with E-state index in [9.17, 15) is 92.6 Å². The highest BCUT2D eigenvalue weighted by atomic mass is 32.2. The molecule has 58 heteroatoms. The number of carboxylic acids is 3. The second-order valence-electron chi connectivity index (χ2n) is 37.6. The molecule has 6 saturated heterocycles. The van der Waals surface area contributed by atoms with Crippen molar-refractivity contribution in [2.24, 2.45) is 39.0 Å². The lowest BCUT2D eigenvalue weighted by Gasteiger charge is -2.40.